The predicted molar refractivity (Wildman–Crippen MR) is 69.7 cm³/mol. The maximum atomic E-state index is 12.2. The van der Waals surface area contributed by atoms with Gasteiger partial charge in [-0.15, -0.1) is 0 Å². The zero-order valence-corrected chi connectivity index (χ0v) is 11.2. The minimum Gasteiger partial charge on any atom is -0.480 e. The van der Waals surface area contributed by atoms with Crippen molar-refractivity contribution in [3.63, 3.8) is 0 Å². The molecule has 0 saturated carbocycles. The first kappa shape index (κ1) is 14.2. The van der Waals surface area contributed by atoms with Gasteiger partial charge in [0.15, 0.2) is 0 Å². The molecular weight excluding hydrogens is 230 g/mol. The van der Waals surface area contributed by atoms with Crippen LogP contribution in [0.4, 0.5) is 0 Å². The second-order valence-corrected chi connectivity index (χ2v) is 4.50. The van der Waals surface area contributed by atoms with Gasteiger partial charge in [-0.25, -0.2) is 4.79 Å². The van der Waals surface area contributed by atoms with Gasteiger partial charge in [0, 0.05) is 12.6 Å². The Kier molecular flexibility index (Phi) is 4.48. The molecule has 0 radical (unpaired) electrons. The van der Waals surface area contributed by atoms with Crippen molar-refractivity contribution in [3.05, 3.63) is 34.9 Å². The quantitative estimate of drug-likeness (QED) is 0.890. The molecule has 18 heavy (non-hydrogen) atoms. The topological polar surface area (TPSA) is 57.6 Å². The van der Waals surface area contributed by atoms with Crippen molar-refractivity contribution in [2.45, 2.75) is 33.2 Å². The average molecular weight is 249 g/mol. The molecule has 1 rings (SSSR count). The lowest BCUT2D eigenvalue weighted by molar-refractivity contribution is -0.142. The van der Waals surface area contributed by atoms with Crippen LogP contribution in [0.25, 0.3) is 0 Å². The van der Waals surface area contributed by atoms with Crippen molar-refractivity contribution in [2.75, 3.05) is 7.05 Å². The number of rotatable bonds is 4. The molecule has 0 saturated heterocycles. The number of nitrogens with zero attached hydrogens (tertiary/aromatic N) is 1. The fourth-order valence-electron chi connectivity index (χ4n) is 2.00. The number of carbonyl (C=O) groups is 2. The van der Waals surface area contributed by atoms with Crippen LogP contribution >= 0.6 is 0 Å². The van der Waals surface area contributed by atoms with Crippen LogP contribution in [-0.2, 0) is 4.79 Å². The van der Waals surface area contributed by atoms with Gasteiger partial charge in [0.2, 0.25) is 0 Å². The summed E-state index contributed by atoms with van der Waals surface area (Å²) < 4.78 is 0. The van der Waals surface area contributed by atoms with E-state index in [0.717, 1.165) is 11.1 Å². The second-order valence-electron chi connectivity index (χ2n) is 4.50. The molecule has 0 spiro atoms. The lowest BCUT2D eigenvalue weighted by Gasteiger charge is -2.24. The number of carboxylic acids is 1. The minimum absolute atomic E-state index is 0.248. The van der Waals surface area contributed by atoms with Gasteiger partial charge < -0.3 is 10.0 Å². The Morgan fingerprint density at radius 1 is 1.33 bits per heavy atom. The van der Waals surface area contributed by atoms with Gasteiger partial charge in [-0.2, -0.15) is 0 Å². The monoisotopic (exact) mass is 249 g/mol. The van der Waals surface area contributed by atoms with Gasteiger partial charge in [-0.3, -0.25) is 4.79 Å². The Morgan fingerprint density at radius 3 is 2.39 bits per heavy atom. The Morgan fingerprint density at radius 2 is 1.94 bits per heavy atom. The van der Waals surface area contributed by atoms with E-state index >= 15 is 0 Å². The standard InChI is InChI=1S/C14H19NO3/c1-5-12(14(17)18)15(4)13(16)11-7-6-9(2)8-10(11)3/h6-8,12H,5H2,1-4H3,(H,17,18). The average Bonchev–Trinajstić information content (AvgIpc) is 2.28. The molecule has 1 N–H and O–H groups in total. The third kappa shape index (κ3) is 2.88. The summed E-state index contributed by atoms with van der Waals surface area (Å²) in [5.74, 6) is -1.22. The highest BCUT2D eigenvalue weighted by Crippen LogP contribution is 2.15. The largest absolute Gasteiger partial charge is 0.480 e. The molecule has 0 aliphatic rings. The van der Waals surface area contributed by atoms with E-state index in [2.05, 4.69) is 0 Å². The van der Waals surface area contributed by atoms with E-state index in [1.165, 1.54) is 11.9 Å². The third-order valence-corrected chi connectivity index (χ3v) is 3.07. The molecule has 4 heteroatoms. The van der Waals surface area contributed by atoms with Crippen LogP contribution in [0.15, 0.2) is 18.2 Å². The molecular formula is C14H19NO3. The highest BCUT2D eigenvalue weighted by Gasteiger charge is 2.26. The molecule has 1 unspecified atom stereocenters. The van der Waals surface area contributed by atoms with Crippen molar-refractivity contribution in [1.29, 1.82) is 0 Å². The number of aryl methyl sites for hydroxylation is 2. The van der Waals surface area contributed by atoms with Crippen LogP contribution in [0.5, 0.6) is 0 Å². The Hall–Kier alpha value is -1.84. The Bertz CT molecular complexity index is 468. The number of carboxylic acid groups (broad SMARTS) is 1. The fraction of sp³-hybridized carbons (Fsp3) is 0.429. The zero-order valence-electron chi connectivity index (χ0n) is 11.2. The van der Waals surface area contributed by atoms with Crippen LogP contribution in [0.3, 0.4) is 0 Å². The summed E-state index contributed by atoms with van der Waals surface area (Å²) in [6, 6.07) is 4.75. The van der Waals surface area contributed by atoms with Gasteiger partial charge in [0.1, 0.15) is 6.04 Å². The zero-order chi connectivity index (χ0) is 13.9. The molecule has 0 aliphatic carbocycles. The first-order valence-electron chi connectivity index (χ1n) is 5.95. The number of amides is 1. The summed E-state index contributed by atoms with van der Waals surface area (Å²) in [6.07, 6.45) is 0.391. The van der Waals surface area contributed by atoms with E-state index in [-0.39, 0.29) is 5.91 Å². The van der Waals surface area contributed by atoms with Gasteiger partial charge in [0.05, 0.1) is 0 Å². The third-order valence-electron chi connectivity index (χ3n) is 3.07. The summed E-state index contributed by atoms with van der Waals surface area (Å²) in [5.41, 5.74) is 2.51. The molecule has 0 aliphatic heterocycles. The Balaban J connectivity index is 3.02. The molecule has 1 aromatic carbocycles. The number of likely N-dealkylation sites (N-methyl/N-ethyl adjacent to an activating group) is 1. The van der Waals surface area contributed by atoms with Gasteiger partial charge >= 0.3 is 5.97 Å². The van der Waals surface area contributed by atoms with Crippen LogP contribution in [-0.4, -0.2) is 35.0 Å². The smallest absolute Gasteiger partial charge is 0.326 e. The molecule has 1 amide bonds. The van der Waals surface area contributed by atoms with Gasteiger partial charge in [-0.1, -0.05) is 24.6 Å². The number of hydrogen-bond donors (Lipinski definition) is 1. The summed E-state index contributed by atoms with van der Waals surface area (Å²) in [7, 11) is 1.53. The van der Waals surface area contributed by atoms with Gasteiger partial charge in [-0.05, 0) is 31.9 Å². The van der Waals surface area contributed by atoms with Crippen molar-refractivity contribution in [3.8, 4) is 0 Å². The Labute approximate surface area is 107 Å². The molecule has 0 fully saturated rings. The van der Waals surface area contributed by atoms with E-state index in [0.29, 0.717) is 12.0 Å². The first-order valence-corrected chi connectivity index (χ1v) is 5.95. The lowest BCUT2D eigenvalue weighted by atomic mass is 10.0. The van der Waals surface area contributed by atoms with Crippen molar-refractivity contribution < 1.29 is 14.7 Å². The summed E-state index contributed by atoms with van der Waals surface area (Å²) in [4.78, 5) is 24.6. The predicted octanol–water partition coefficient (Wildman–Crippen LogP) is 2.24. The first-order chi connectivity index (χ1) is 8.38. The van der Waals surface area contributed by atoms with E-state index in [4.69, 9.17) is 5.11 Å². The van der Waals surface area contributed by atoms with Crippen LogP contribution < -0.4 is 0 Å². The number of hydrogen-bond acceptors (Lipinski definition) is 2. The van der Waals surface area contributed by atoms with Crippen LogP contribution in [0.2, 0.25) is 0 Å². The number of benzene rings is 1. The molecule has 0 aromatic heterocycles. The molecule has 0 heterocycles. The summed E-state index contributed by atoms with van der Waals surface area (Å²) in [6.45, 7) is 5.57. The number of carbonyl (C=O) groups excluding carboxylic acids is 1. The van der Waals surface area contributed by atoms with Crippen molar-refractivity contribution in [2.24, 2.45) is 0 Å². The van der Waals surface area contributed by atoms with Crippen LogP contribution in [0.1, 0.15) is 34.8 Å². The van der Waals surface area contributed by atoms with E-state index in [9.17, 15) is 9.59 Å². The molecule has 1 aromatic rings. The SMILES string of the molecule is CCC(C(=O)O)N(C)C(=O)c1ccc(C)cc1C. The van der Waals surface area contributed by atoms with Crippen molar-refractivity contribution >= 4 is 11.9 Å². The van der Waals surface area contributed by atoms with Crippen molar-refractivity contribution in [1.82, 2.24) is 4.90 Å². The molecule has 0 bridgehead atoms. The van der Waals surface area contributed by atoms with Gasteiger partial charge in [0.25, 0.3) is 5.91 Å². The fourth-order valence-corrected chi connectivity index (χ4v) is 2.00. The number of aliphatic carboxylic acids is 1. The highest BCUT2D eigenvalue weighted by atomic mass is 16.4. The van der Waals surface area contributed by atoms with Crippen LogP contribution in [0, 0.1) is 13.8 Å². The maximum absolute atomic E-state index is 12.2. The summed E-state index contributed by atoms with van der Waals surface area (Å²) >= 11 is 0. The molecule has 1 atom stereocenters. The molecule has 4 nitrogen and oxygen atoms in total. The normalized spacial score (nSPS) is 12.0. The minimum atomic E-state index is -0.974. The second kappa shape index (κ2) is 5.67. The molecule has 98 valence electrons. The summed E-state index contributed by atoms with van der Waals surface area (Å²) in [5, 5.41) is 9.06. The highest BCUT2D eigenvalue weighted by molar-refractivity contribution is 5.97. The van der Waals surface area contributed by atoms with E-state index in [1.54, 1.807) is 13.0 Å². The van der Waals surface area contributed by atoms with E-state index < -0.39 is 12.0 Å². The maximum Gasteiger partial charge on any atom is 0.326 e. The van der Waals surface area contributed by atoms with E-state index in [1.807, 2.05) is 26.0 Å². The lowest BCUT2D eigenvalue weighted by Crippen LogP contribution is -2.42.